The number of methoxy groups -OCH3 is 3. The van der Waals surface area contributed by atoms with Crippen molar-refractivity contribution in [1.82, 2.24) is 10.7 Å². The summed E-state index contributed by atoms with van der Waals surface area (Å²) in [5, 5.41) is 6.42. The second-order valence-corrected chi connectivity index (χ2v) is 7.03. The Morgan fingerprint density at radius 1 is 1.06 bits per heavy atom. The van der Waals surface area contributed by atoms with E-state index >= 15 is 0 Å². The normalized spacial score (nSPS) is 10.4. The van der Waals surface area contributed by atoms with Gasteiger partial charge < -0.3 is 24.3 Å². The van der Waals surface area contributed by atoms with Gasteiger partial charge in [0.05, 0.1) is 38.6 Å². The van der Waals surface area contributed by atoms with Gasteiger partial charge in [-0.1, -0.05) is 12.7 Å². The fraction of sp³-hybridized carbons (Fsp3) is 0.227. The molecule has 0 atom stereocenters. The van der Waals surface area contributed by atoms with Crippen molar-refractivity contribution in [3.05, 3.63) is 58.6 Å². The zero-order valence-electron chi connectivity index (χ0n) is 17.9. The molecule has 2 aromatic carbocycles. The van der Waals surface area contributed by atoms with E-state index in [4.69, 9.17) is 18.9 Å². The van der Waals surface area contributed by atoms with Crippen molar-refractivity contribution in [2.75, 3.05) is 34.5 Å². The molecule has 0 unspecified atom stereocenters. The average molecular weight is 506 g/mol. The van der Waals surface area contributed by atoms with Crippen LogP contribution in [0.3, 0.4) is 0 Å². The Labute approximate surface area is 194 Å². The number of hydrogen-bond donors (Lipinski definition) is 2. The summed E-state index contributed by atoms with van der Waals surface area (Å²) in [6.07, 6.45) is 3.07. The van der Waals surface area contributed by atoms with Gasteiger partial charge in [-0.2, -0.15) is 5.10 Å². The molecule has 0 aromatic heterocycles. The molecule has 2 amide bonds. The van der Waals surface area contributed by atoms with Crippen molar-refractivity contribution in [3.63, 3.8) is 0 Å². The van der Waals surface area contributed by atoms with Crippen LogP contribution in [-0.2, 0) is 4.79 Å². The van der Waals surface area contributed by atoms with Gasteiger partial charge in [-0.25, -0.2) is 5.43 Å². The zero-order chi connectivity index (χ0) is 23.5. The first-order valence-corrected chi connectivity index (χ1v) is 10.2. The average Bonchev–Trinajstić information content (AvgIpc) is 2.80. The number of nitrogens with zero attached hydrogens (tertiary/aromatic N) is 1. The molecule has 0 bridgehead atoms. The third-order valence-electron chi connectivity index (χ3n) is 4.06. The molecular weight excluding hydrogens is 482 g/mol. The number of carbonyl (C=O) groups excluding carboxylic acids is 2. The van der Waals surface area contributed by atoms with Crippen LogP contribution in [0.4, 0.5) is 0 Å². The van der Waals surface area contributed by atoms with Crippen molar-refractivity contribution in [1.29, 1.82) is 0 Å². The van der Waals surface area contributed by atoms with Crippen molar-refractivity contribution in [3.8, 4) is 23.0 Å². The number of carbonyl (C=O) groups is 2. The maximum atomic E-state index is 12.3. The van der Waals surface area contributed by atoms with E-state index in [1.54, 1.807) is 30.3 Å². The van der Waals surface area contributed by atoms with E-state index < -0.39 is 11.8 Å². The number of hydrogen-bond acceptors (Lipinski definition) is 7. The number of hydrazone groups is 1. The Balaban J connectivity index is 1.93. The van der Waals surface area contributed by atoms with Crippen molar-refractivity contribution < 1.29 is 28.5 Å². The van der Waals surface area contributed by atoms with Gasteiger partial charge in [-0.3, -0.25) is 9.59 Å². The molecule has 2 rings (SSSR count). The molecule has 0 aliphatic carbocycles. The van der Waals surface area contributed by atoms with Gasteiger partial charge in [0.2, 0.25) is 0 Å². The lowest BCUT2D eigenvalue weighted by Gasteiger charge is -2.12. The first kappa shape index (κ1) is 24.7. The minimum absolute atomic E-state index is 0.258. The fourth-order valence-electron chi connectivity index (χ4n) is 2.56. The number of nitrogens with one attached hydrogen (secondary N) is 2. The lowest BCUT2D eigenvalue weighted by atomic mass is 10.2. The second-order valence-electron chi connectivity index (χ2n) is 6.18. The van der Waals surface area contributed by atoms with E-state index in [0.717, 1.165) is 0 Å². The summed E-state index contributed by atoms with van der Waals surface area (Å²) in [7, 11) is 4.50. The van der Waals surface area contributed by atoms with E-state index in [-0.39, 0.29) is 6.54 Å². The van der Waals surface area contributed by atoms with Gasteiger partial charge >= 0.3 is 0 Å². The van der Waals surface area contributed by atoms with Gasteiger partial charge in [0, 0.05) is 5.56 Å². The van der Waals surface area contributed by atoms with Crippen LogP contribution in [0, 0.1) is 0 Å². The summed E-state index contributed by atoms with van der Waals surface area (Å²) in [5.41, 5.74) is 3.34. The molecule has 32 heavy (non-hydrogen) atoms. The molecule has 0 fully saturated rings. The van der Waals surface area contributed by atoms with E-state index in [1.807, 2.05) is 0 Å². The molecule has 0 aliphatic heterocycles. The minimum atomic E-state index is -0.493. The highest BCUT2D eigenvalue weighted by atomic mass is 79.9. The number of halogens is 1. The highest BCUT2D eigenvalue weighted by Gasteiger charge is 2.12. The summed E-state index contributed by atoms with van der Waals surface area (Å²) in [5.74, 6) is 1.01. The van der Waals surface area contributed by atoms with Crippen LogP contribution in [-0.4, -0.2) is 52.5 Å². The van der Waals surface area contributed by atoms with Crippen LogP contribution in [0.1, 0.15) is 15.9 Å². The smallest absolute Gasteiger partial charge is 0.259 e. The zero-order valence-corrected chi connectivity index (χ0v) is 19.5. The van der Waals surface area contributed by atoms with Gasteiger partial charge in [-0.05, 0) is 51.8 Å². The van der Waals surface area contributed by atoms with Gasteiger partial charge in [0.15, 0.2) is 23.0 Å². The maximum absolute atomic E-state index is 12.3. The Morgan fingerprint density at radius 3 is 2.44 bits per heavy atom. The highest BCUT2D eigenvalue weighted by molar-refractivity contribution is 9.10. The summed E-state index contributed by atoms with van der Waals surface area (Å²) >= 11 is 3.42. The third-order valence-corrected chi connectivity index (χ3v) is 4.64. The highest BCUT2D eigenvalue weighted by Crippen LogP contribution is 2.36. The van der Waals surface area contributed by atoms with E-state index in [1.165, 1.54) is 33.6 Å². The summed E-state index contributed by atoms with van der Waals surface area (Å²) < 4.78 is 21.9. The molecule has 0 aliphatic rings. The van der Waals surface area contributed by atoms with Gasteiger partial charge in [0.25, 0.3) is 11.8 Å². The second kappa shape index (κ2) is 12.4. The first-order chi connectivity index (χ1) is 15.4. The summed E-state index contributed by atoms with van der Waals surface area (Å²) in [6, 6.07) is 8.17. The number of ether oxygens (including phenoxy) is 4. The predicted octanol–water partition coefficient (Wildman–Crippen LogP) is 2.92. The molecular formula is C22H24BrN3O6. The van der Waals surface area contributed by atoms with Crippen molar-refractivity contribution in [2.24, 2.45) is 5.10 Å². The molecule has 0 heterocycles. The van der Waals surface area contributed by atoms with Crippen LogP contribution < -0.4 is 29.7 Å². The molecule has 9 nitrogen and oxygen atoms in total. The molecule has 0 saturated carbocycles. The number of amides is 2. The standard InChI is InChI=1S/C22H24BrN3O6/c1-5-8-32-21-16(23)9-14(10-19(21)31-4)12-25-26-20(27)13-24-22(28)15-6-7-17(29-2)18(11-15)30-3/h5-7,9-12H,1,8,13H2,2-4H3,(H,24,28)(H,26,27)/b25-12-. The first-order valence-electron chi connectivity index (χ1n) is 9.36. The lowest BCUT2D eigenvalue weighted by molar-refractivity contribution is -0.120. The quantitative estimate of drug-likeness (QED) is 0.276. The molecule has 0 spiro atoms. The van der Waals surface area contributed by atoms with Crippen LogP contribution in [0.15, 0.2) is 52.6 Å². The largest absolute Gasteiger partial charge is 0.493 e. The van der Waals surface area contributed by atoms with Gasteiger partial charge in [0.1, 0.15) is 6.61 Å². The van der Waals surface area contributed by atoms with E-state index in [0.29, 0.717) is 45.2 Å². The predicted molar refractivity (Wildman–Crippen MR) is 124 cm³/mol. The van der Waals surface area contributed by atoms with E-state index in [9.17, 15) is 9.59 Å². The molecule has 10 heteroatoms. The Morgan fingerprint density at radius 2 is 1.78 bits per heavy atom. The number of benzene rings is 2. The minimum Gasteiger partial charge on any atom is -0.493 e. The lowest BCUT2D eigenvalue weighted by Crippen LogP contribution is -2.34. The van der Waals surface area contributed by atoms with Crippen LogP contribution in [0.5, 0.6) is 23.0 Å². The van der Waals surface area contributed by atoms with Crippen molar-refractivity contribution >= 4 is 34.0 Å². The Kier molecular flexibility index (Phi) is 9.55. The molecule has 0 radical (unpaired) electrons. The fourth-order valence-corrected chi connectivity index (χ4v) is 3.13. The monoisotopic (exact) mass is 505 g/mol. The number of rotatable bonds is 11. The van der Waals surface area contributed by atoms with E-state index in [2.05, 4.69) is 38.4 Å². The molecule has 2 N–H and O–H groups in total. The Bertz CT molecular complexity index is 1010. The third kappa shape index (κ3) is 6.74. The molecule has 170 valence electrons. The molecule has 2 aromatic rings. The summed E-state index contributed by atoms with van der Waals surface area (Å²) in [4.78, 5) is 24.3. The summed E-state index contributed by atoms with van der Waals surface area (Å²) in [6.45, 7) is 3.68. The topological polar surface area (TPSA) is 107 Å². The van der Waals surface area contributed by atoms with Crippen molar-refractivity contribution in [2.45, 2.75) is 0 Å². The Hall–Kier alpha value is -3.53. The van der Waals surface area contributed by atoms with Crippen LogP contribution in [0.2, 0.25) is 0 Å². The maximum Gasteiger partial charge on any atom is 0.259 e. The molecule has 0 saturated heterocycles. The van der Waals surface area contributed by atoms with Crippen LogP contribution in [0.25, 0.3) is 0 Å². The van der Waals surface area contributed by atoms with Gasteiger partial charge in [-0.15, -0.1) is 0 Å². The SMILES string of the molecule is C=CCOc1c(Br)cc(/C=N\NC(=O)CNC(=O)c2ccc(OC)c(OC)c2)cc1OC. The van der Waals surface area contributed by atoms with Crippen LogP contribution >= 0.6 is 15.9 Å².